The van der Waals surface area contributed by atoms with Gasteiger partial charge in [0.1, 0.15) is 0 Å². The van der Waals surface area contributed by atoms with Crippen molar-refractivity contribution in [3.8, 4) is 0 Å². The minimum absolute atomic E-state index is 0.137. The van der Waals surface area contributed by atoms with E-state index in [0.717, 1.165) is 16.8 Å². The topological polar surface area (TPSA) is 87.2 Å². The molecular formula is C19H18N4O2. The van der Waals surface area contributed by atoms with E-state index in [1.54, 1.807) is 24.3 Å². The molecule has 0 bridgehead atoms. The Morgan fingerprint density at radius 3 is 2.48 bits per heavy atom. The highest BCUT2D eigenvalue weighted by Crippen LogP contribution is 2.12. The van der Waals surface area contributed by atoms with Gasteiger partial charge in [0.05, 0.1) is 11.1 Å². The van der Waals surface area contributed by atoms with E-state index in [0.29, 0.717) is 17.2 Å². The minimum atomic E-state index is -0.467. The Balaban J connectivity index is 1.90. The molecule has 0 spiro atoms. The van der Waals surface area contributed by atoms with Crippen molar-refractivity contribution >= 4 is 22.4 Å². The maximum Gasteiger partial charge on any atom is 0.292 e. The molecule has 3 rings (SSSR count). The first-order valence-electron chi connectivity index (χ1n) is 8.01. The van der Waals surface area contributed by atoms with E-state index in [1.165, 1.54) is 0 Å². The number of aromatic amines is 1. The summed E-state index contributed by atoms with van der Waals surface area (Å²) in [6.45, 7) is 3.99. The highest BCUT2D eigenvalue weighted by molar-refractivity contribution is 6.06. The number of carbonyl (C=O) groups excluding carboxylic acids is 1. The number of benzene rings is 2. The molecule has 3 aromatic rings. The van der Waals surface area contributed by atoms with E-state index in [-0.39, 0.29) is 11.3 Å². The lowest BCUT2D eigenvalue weighted by molar-refractivity contribution is 0.0950. The molecule has 1 amide bonds. The van der Waals surface area contributed by atoms with Gasteiger partial charge in [-0.3, -0.25) is 9.59 Å². The number of nitrogens with zero attached hydrogens (tertiary/aromatic N) is 2. The van der Waals surface area contributed by atoms with Crippen molar-refractivity contribution in [1.29, 1.82) is 0 Å². The molecule has 0 aliphatic carbocycles. The number of hydrogen-bond acceptors (Lipinski definition) is 4. The predicted octanol–water partition coefficient (Wildman–Crippen LogP) is 2.78. The van der Waals surface area contributed by atoms with Gasteiger partial charge in [0, 0.05) is 5.39 Å². The molecule has 0 unspecified atom stereocenters. The second kappa shape index (κ2) is 7.09. The Kier molecular flexibility index (Phi) is 4.70. The fraction of sp³-hybridized carbons (Fsp3) is 0.158. The summed E-state index contributed by atoms with van der Waals surface area (Å²) in [5, 5.41) is 11.4. The van der Waals surface area contributed by atoms with Gasteiger partial charge in [-0.15, -0.1) is 0 Å². The molecule has 126 valence electrons. The molecule has 0 atom stereocenters. The first kappa shape index (κ1) is 16.6. The summed E-state index contributed by atoms with van der Waals surface area (Å²) < 4.78 is 0. The summed E-state index contributed by atoms with van der Waals surface area (Å²) >= 11 is 0. The van der Waals surface area contributed by atoms with Crippen molar-refractivity contribution in [2.45, 2.75) is 20.3 Å². The number of nitrogens with one attached hydrogen (secondary N) is 2. The van der Waals surface area contributed by atoms with Crippen LogP contribution in [0.2, 0.25) is 0 Å². The molecule has 0 saturated carbocycles. The number of hydrazone groups is 1. The Hall–Kier alpha value is -3.28. The van der Waals surface area contributed by atoms with Crippen LogP contribution in [0, 0.1) is 6.92 Å². The van der Waals surface area contributed by atoms with Gasteiger partial charge < -0.3 is 0 Å². The molecule has 0 saturated heterocycles. The highest BCUT2D eigenvalue weighted by Gasteiger charge is 2.13. The van der Waals surface area contributed by atoms with Gasteiger partial charge in [-0.25, -0.2) is 10.5 Å². The second-order valence-corrected chi connectivity index (χ2v) is 5.67. The van der Waals surface area contributed by atoms with Gasteiger partial charge in [-0.2, -0.15) is 10.2 Å². The van der Waals surface area contributed by atoms with Gasteiger partial charge in [0.25, 0.3) is 11.5 Å². The summed E-state index contributed by atoms with van der Waals surface area (Å²) in [7, 11) is 0. The molecule has 0 aliphatic rings. The zero-order valence-electron chi connectivity index (χ0n) is 14.0. The van der Waals surface area contributed by atoms with E-state index >= 15 is 0 Å². The van der Waals surface area contributed by atoms with Crippen LogP contribution in [0.25, 0.3) is 10.8 Å². The molecule has 6 nitrogen and oxygen atoms in total. The lowest BCUT2D eigenvalue weighted by atomic mass is 10.1. The van der Waals surface area contributed by atoms with Crippen molar-refractivity contribution in [1.82, 2.24) is 15.6 Å². The Morgan fingerprint density at radius 2 is 1.80 bits per heavy atom. The van der Waals surface area contributed by atoms with Crippen LogP contribution in [-0.2, 0) is 0 Å². The monoisotopic (exact) mass is 334 g/mol. The normalized spacial score (nSPS) is 11.5. The fourth-order valence-electron chi connectivity index (χ4n) is 2.55. The number of amides is 1. The van der Waals surface area contributed by atoms with Gasteiger partial charge >= 0.3 is 0 Å². The highest BCUT2D eigenvalue weighted by atomic mass is 16.2. The number of fused-ring (bicyclic) bond motifs is 1. The van der Waals surface area contributed by atoms with Crippen molar-refractivity contribution in [3.05, 3.63) is 75.7 Å². The third kappa shape index (κ3) is 3.47. The predicted molar refractivity (Wildman–Crippen MR) is 97.8 cm³/mol. The molecule has 1 aromatic heterocycles. The number of hydrogen-bond donors (Lipinski definition) is 2. The summed E-state index contributed by atoms with van der Waals surface area (Å²) in [6, 6.07) is 14.8. The molecule has 6 heteroatoms. The summed E-state index contributed by atoms with van der Waals surface area (Å²) in [6.07, 6.45) is 0.670. The maximum atomic E-state index is 12.5. The van der Waals surface area contributed by atoms with Crippen molar-refractivity contribution in [2.75, 3.05) is 0 Å². The molecule has 0 radical (unpaired) electrons. The van der Waals surface area contributed by atoms with Crippen LogP contribution >= 0.6 is 0 Å². The van der Waals surface area contributed by atoms with Gasteiger partial charge in [-0.1, -0.05) is 55.0 Å². The maximum absolute atomic E-state index is 12.5. The number of rotatable bonds is 4. The van der Waals surface area contributed by atoms with E-state index in [4.69, 9.17) is 0 Å². The minimum Gasteiger partial charge on any atom is -0.267 e. The Bertz CT molecular complexity index is 1000. The van der Waals surface area contributed by atoms with Crippen LogP contribution in [0.5, 0.6) is 0 Å². The summed E-state index contributed by atoms with van der Waals surface area (Å²) in [5.41, 5.74) is 5.22. The zero-order chi connectivity index (χ0) is 17.8. The number of aromatic nitrogens is 2. The van der Waals surface area contributed by atoms with Crippen molar-refractivity contribution in [2.24, 2.45) is 5.10 Å². The molecule has 2 N–H and O–H groups in total. The SMILES string of the molecule is CC/C(=N/NC(=O)c1n[nH]c(=O)c2ccccc12)c1ccc(C)cc1. The van der Waals surface area contributed by atoms with Crippen molar-refractivity contribution in [3.63, 3.8) is 0 Å². The van der Waals surface area contributed by atoms with Crippen LogP contribution in [0.1, 0.15) is 35.0 Å². The van der Waals surface area contributed by atoms with Crippen molar-refractivity contribution < 1.29 is 4.79 Å². The van der Waals surface area contributed by atoms with E-state index < -0.39 is 5.91 Å². The first-order chi connectivity index (χ1) is 12.1. The number of carbonyl (C=O) groups is 1. The van der Waals surface area contributed by atoms with Gasteiger partial charge in [0.15, 0.2) is 5.69 Å². The largest absolute Gasteiger partial charge is 0.292 e. The van der Waals surface area contributed by atoms with Crippen LogP contribution in [0.3, 0.4) is 0 Å². The molecule has 0 fully saturated rings. The smallest absolute Gasteiger partial charge is 0.267 e. The third-order valence-corrected chi connectivity index (χ3v) is 3.92. The second-order valence-electron chi connectivity index (χ2n) is 5.67. The molecule has 0 aliphatic heterocycles. The third-order valence-electron chi connectivity index (χ3n) is 3.92. The Morgan fingerprint density at radius 1 is 1.12 bits per heavy atom. The van der Waals surface area contributed by atoms with E-state index in [1.807, 2.05) is 38.1 Å². The standard InChI is InChI=1S/C19H18N4O2/c1-3-16(13-10-8-12(2)9-11-13)20-23-19(25)17-14-6-4-5-7-15(14)18(24)22-21-17/h4-11H,3H2,1-2H3,(H,22,24)(H,23,25)/b20-16-. The summed E-state index contributed by atoms with van der Waals surface area (Å²) in [4.78, 5) is 24.3. The average molecular weight is 334 g/mol. The molecule has 2 aromatic carbocycles. The van der Waals surface area contributed by atoms with Gasteiger partial charge in [0.2, 0.25) is 0 Å². The summed E-state index contributed by atoms with van der Waals surface area (Å²) in [5.74, 6) is -0.467. The van der Waals surface area contributed by atoms with Crippen LogP contribution in [-0.4, -0.2) is 21.8 Å². The Labute approximate surface area is 144 Å². The lowest BCUT2D eigenvalue weighted by Gasteiger charge is -2.07. The van der Waals surface area contributed by atoms with Gasteiger partial charge in [-0.05, 0) is 25.0 Å². The quantitative estimate of drug-likeness (QED) is 0.568. The molecular weight excluding hydrogens is 316 g/mol. The van der Waals surface area contributed by atoms with Crippen LogP contribution in [0.4, 0.5) is 0 Å². The first-order valence-corrected chi connectivity index (χ1v) is 8.01. The number of H-pyrrole nitrogens is 1. The van der Waals surface area contributed by atoms with Crippen LogP contribution in [0.15, 0.2) is 58.4 Å². The van der Waals surface area contributed by atoms with E-state index in [9.17, 15) is 9.59 Å². The lowest BCUT2D eigenvalue weighted by Crippen LogP contribution is -2.24. The molecule has 25 heavy (non-hydrogen) atoms. The van der Waals surface area contributed by atoms with E-state index in [2.05, 4.69) is 20.7 Å². The fourth-order valence-corrected chi connectivity index (χ4v) is 2.55. The average Bonchev–Trinajstić information content (AvgIpc) is 2.64. The molecule has 1 heterocycles. The zero-order valence-corrected chi connectivity index (χ0v) is 14.0. The number of aryl methyl sites for hydroxylation is 1. The van der Waals surface area contributed by atoms with Crippen LogP contribution < -0.4 is 11.0 Å².